The summed E-state index contributed by atoms with van der Waals surface area (Å²) in [7, 11) is 0. The molecule has 0 spiro atoms. The number of hydrogen-bond acceptors (Lipinski definition) is 4. The van der Waals surface area contributed by atoms with Gasteiger partial charge in [-0.1, -0.05) is 30.3 Å². The van der Waals surface area contributed by atoms with Crippen molar-refractivity contribution in [2.24, 2.45) is 0 Å². The molecule has 1 amide bonds. The molecule has 7 heteroatoms. The second-order valence-corrected chi connectivity index (χ2v) is 9.07. The van der Waals surface area contributed by atoms with Crippen LogP contribution in [0.3, 0.4) is 0 Å². The van der Waals surface area contributed by atoms with E-state index in [9.17, 15) is 9.18 Å². The Morgan fingerprint density at radius 2 is 1.94 bits per heavy atom. The molecular formula is C25H32FN3O3. The SMILES string of the molecule is C[C@H](NC(=O)OC(C)(C)C)c1nc2ccc(F)cc2n1C1CCC1.OCc1ccccc1. The van der Waals surface area contributed by atoms with Crippen LogP contribution in [0.1, 0.15) is 70.4 Å². The molecular weight excluding hydrogens is 409 g/mol. The van der Waals surface area contributed by atoms with Crippen molar-refractivity contribution in [2.45, 2.75) is 71.2 Å². The number of aliphatic hydroxyl groups is 1. The molecule has 2 N–H and O–H groups in total. The lowest BCUT2D eigenvalue weighted by Crippen LogP contribution is -2.35. The van der Waals surface area contributed by atoms with E-state index in [0.29, 0.717) is 6.04 Å². The Kier molecular flexibility index (Phi) is 7.51. The van der Waals surface area contributed by atoms with Crippen LogP contribution in [0, 0.1) is 5.82 Å². The summed E-state index contributed by atoms with van der Waals surface area (Å²) in [4.78, 5) is 16.7. The maximum Gasteiger partial charge on any atom is 0.408 e. The topological polar surface area (TPSA) is 76.4 Å². The third-order valence-corrected chi connectivity index (χ3v) is 5.26. The summed E-state index contributed by atoms with van der Waals surface area (Å²) in [6.07, 6.45) is 2.78. The van der Waals surface area contributed by atoms with Crippen LogP contribution < -0.4 is 5.32 Å². The molecule has 0 aliphatic heterocycles. The Morgan fingerprint density at radius 1 is 1.25 bits per heavy atom. The number of amides is 1. The average molecular weight is 442 g/mol. The highest BCUT2D eigenvalue weighted by Gasteiger charge is 2.28. The molecule has 6 nitrogen and oxygen atoms in total. The van der Waals surface area contributed by atoms with Crippen molar-refractivity contribution in [2.75, 3.05) is 0 Å². The van der Waals surface area contributed by atoms with Crippen LogP contribution in [-0.2, 0) is 11.3 Å². The number of aliphatic hydroxyl groups excluding tert-OH is 1. The van der Waals surface area contributed by atoms with Crippen molar-refractivity contribution in [1.82, 2.24) is 14.9 Å². The second-order valence-electron chi connectivity index (χ2n) is 9.07. The van der Waals surface area contributed by atoms with Gasteiger partial charge in [0.25, 0.3) is 0 Å². The van der Waals surface area contributed by atoms with E-state index in [0.717, 1.165) is 41.7 Å². The van der Waals surface area contributed by atoms with E-state index in [2.05, 4.69) is 14.9 Å². The minimum absolute atomic E-state index is 0.140. The number of nitrogens with zero attached hydrogens (tertiary/aromatic N) is 2. The minimum Gasteiger partial charge on any atom is -0.444 e. The quantitative estimate of drug-likeness (QED) is 0.547. The van der Waals surface area contributed by atoms with Gasteiger partial charge in [0.15, 0.2) is 0 Å². The summed E-state index contributed by atoms with van der Waals surface area (Å²) in [6.45, 7) is 7.48. The molecule has 2 aromatic carbocycles. The van der Waals surface area contributed by atoms with Gasteiger partial charge >= 0.3 is 6.09 Å². The molecule has 1 heterocycles. The van der Waals surface area contributed by atoms with Gasteiger partial charge in [-0.2, -0.15) is 0 Å². The van der Waals surface area contributed by atoms with Crippen molar-refractivity contribution in [3.63, 3.8) is 0 Å². The number of carbonyl (C=O) groups excluding carboxylic acids is 1. The van der Waals surface area contributed by atoms with E-state index < -0.39 is 11.7 Å². The predicted octanol–water partition coefficient (Wildman–Crippen LogP) is 5.67. The Labute approximate surface area is 188 Å². The molecule has 172 valence electrons. The highest BCUT2D eigenvalue weighted by molar-refractivity contribution is 5.77. The van der Waals surface area contributed by atoms with Crippen LogP contribution in [-0.4, -0.2) is 26.4 Å². The lowest BCUT2D eigenvalue weighted by atomic mass is 9.92. The number of alkyl carbamates (subject to hydrolysis) is 1. The zero-order valence-corrected chi connectivity index (χ0v) is 19.1. The Bertz CT molecular complexity index is 1040. The van der Waals surface area contributed by atoms with Gasteiger partial charge in [0, 0.05) is 6.04 Å². The first-order valence-electron chi connectivity index (χ1n) is 11.0. The van der Waals surface area contributed by atoms with Gasteiger partial charge in [-0.05, 0) is 70.7 Å². The zero-order chi connectivity index (χ0) is 23.3. The zero-order valence-electron chi connectivity index (χ0n) is 19.1. The van der Waals surface area contributed by atoms with Crippen LogP contribution in [0.2, 0.25) is 0 Å². The van der Waals surface area contributed by atoms with Gasteiger partial charge in [-0.3, -0.25) is 0 Å². The fourth-order valence-corrected chi connectivity index (χ4v) is 3.55. The number of carbonyl (C=O) groups is 1. The molecule has 1 aliphatic rings. The predicted molar refractivity (Wildman–Crippen MR) is 123 cm³/mol. The lowest BCUT2D eigenvalue weighted by molar-refractivity contribution is 0.0504. The number of imidazole rings is 1. The molecule has 0 radical (unpaired) electrons. The van der Waals surface area contributed by atoms with Crippen molar-refractivity contribution in [3.05, 3.63) is 65.7 Å². The maximum absolute atomic E-state index is 13.7. The summed E-state index contributed by atoms with van der Waals surface area (Å²) >= 11 is 0. The fraction of sp³-hybridized carbons (Fsp3) is 0.440. The van der Waals surface area contributed by atoms with Crippen LogP contribution >= 0.6 is 0 Å². The van der Waals surface area contributed by atoms with Crippen molar-refractivity contribution in [3.8, 4) is 0 Å². The van der Waals surface area contributed by atoms with Gasteiger partial charge in [0.2, 0.25) is 0 Å². The number of fused-ring (bicyclic) bond motifs is 1. The van der Waals surface area contributed by atoms with Gasteiger partial charge in [-0.25, -0.2) is 14.2 Å². The summed E-state index contributed by atoms with van der Waals surface area (Å²) < 4.78 is 21.1. The van der Waals surface area contributed by atoms with Crippen molar-refractivity contribution < 1.29 is 19.0 Å². The highest BCUT2D eigenvalue weighted by atomic mass is 19.1. The molecule has 1 saturated carbocycles. The van der Waals surface area contributed by atoms with Crippen LogP contribution in [0.4, 0.5) is 9.18 Å². The van der Waals surface area contributed by atoms with Crippen molar-refractivity contribution in [1.29, 1.82) is 0 Å². The summed E-state index contributed by atoms with van der Waals surface area (Å²) in [5.74, 6) is 0.466. The number of nitrogens with one attached hydrogen (secondary N) is 1. The largest absolute Gasteiger partial charge is 0.444 e. The third-order valence-electron chi connectivity index (χ3n) is 5.26. The van der Waals surface area contributed by atoms with Gasteiger partial charge in [-0.15, -0.1) is 0 Å². The number of benzene rings is 2. The number of rotatable bonds is 4. The molecule has 32 heavy (non-hydrogen) atoms. The maximum atomic E-state index is 13.7. The first-order chi connectivity index (χ1) is 15.2. The molecule has 1 aliphatic carbocycles. The first kappa shape index (κ1) is 23.7. The number of aromatic nitrogens is 2. The van der Waals surface area contributed by atoms with Gasteiger partial charge in [0.1, 0.15) is 17.2 Å². The Morgan fingerprint density at radius 3 is 2.47 bits per heavy atom. The Balaban J connectivity index is 0.000000305. The number of hydrogen-bond donors (Lipinski definition) is 2. The molecule has 0 bridgehead atoms. The number of ether oxygens (including phenoxy) is 1. The van der Waals surface area contributed by atoms with Crippen LogP contribution in [0.15, 0.2) is 48.5 Å². The van der Waals surface area contributed by atoms with E-state index in [1.165, 1.54) is 12.1 Å². The second kappa shape index (κ2) is 10.1. The van der Waals surface area contributed by atoms with Gasteiger partial charge < -0.3 is 19.7 Å². The average Bonchev–Trinajstić information content (AvgIpc) is 3.05. The summed E-state index contributed by atoms with van der Waals surface area (Å²) in [6, 6.07) is 14.1. The molecule has 1 atom stereocenters. The van der Waals surface area contributed by atoms with Crippen molar-refractivity contribution >= 4 is 17.1 Å². The summed E-state index contributed by atoms with van der Waals surface area (Å²) in [5.41, 5.74) is 1.94. The fourth-order valence-electron chi connectivity index (χ4n) is 3.55. The number of halogens is 1. The van der Waals surface area contributed by atoms with Crippen LogP contribution in [0.5, 0.6) is 0 Å². The lowest BCUT2D eigenvalue weighted by Gasteiger charge is -2.30. The standard InChI is InChI=1S/C18H24FN3O2.C7H8O/c1-11(20-17(23)24-18(2,3)4)16-21-14-9-8-12(19)10-15(14)22(16)13-6-5-7-13;8-6-7-4-2-1-3-5-7/h8-11,13H,5-7H2,1-4H3,(H,20,23);1-5,8H,6H2/t11-;/m0./s1. The Hall–Kier alpha value is -2.93. The third kappa shape index (κ3) is 6.07. The normalized spacial score (nSPS) is 14.8. The molecule has 0 saturated heterocycles. The van der Waals surface area contributed by atoms with E-state index in [1.54, 1.807) is 6.07 Å². The molecule has 0 unspecified atom stereocenters. The first-order valence-corrected chi connectivity index (χ1v) is 11.0. The monoisotopic (exact) mass is 441 g/mol. The smallest absolute Gasteiger partial charge is 0.408 e. The molecule has 1 fully saturated rings. The van der Waals surface area contributed by atoms with Crippen LogP contribution in [0.25, 0.3) is 11.0 Å². The van der Waals surface area contributed by atoms with E-state index in [4.69, 9.17) is 9.84 Å². The molecule has 3 aromatic rings. The van der Waals surface area contributed by atoms with E-state index >= 15 is 0 Å². The van der Waals surface area contributed by atoms with E-state index in [-0.39, 0.29) is 18.5 Å². The summed E-state index contributed by atoms with van der Waals surface area (Å²) in [5, 5.41) is 11.4. The minimum atomic E-state index is -0.555. The highest BCUT2D eigenvalue weighted by Crippen LogP contribution is 2.37. The van der Waals surface area contributed by atoms with Gasteiger partial charge in [0.05, 0.1) is 23.7 Å². The molecule has 4 rings (SSSR count). The van der Waals surface area contributed by atoms with E-state index in [1.807, 2.05) is 58.0 Å². The molecule has 1 aromatic heterocycles.